The molecule has 0 amide bonds. The van der Waals surface area contributed by atoms with Gasteiger partial charge in [-0.1, -0.05) is 70.9 Å². The Hall–Kier alpha value is -1.21. The van der Waals surface area contributed by atoms with Crippen LogP contribution in [0.4, 0.5) is 0 Å². The van der Waals surface area contributed by atoms with Crippen molar-refractivity contribution in [1.82, 2.24) is 0 Å². The molecule has 0 aliphatic carbocycles. The minimum atomic E-state index is -4.72. The lowest BCUT2D eigenvalue weighted by Crippen LogP contribution is -2.29. The number of hydrogen-bond donors (Lipinski definition) is 2. The highest BCUT2D eigenvalue weighted by molar-refractivity contribution is 7.46. The maximum Gasteiger partial charge on any atom is 0.469 e. The van der Waals surface area contributed by atoms with Gasteiger partial charge in [0.2, 0.25) is 0 Å². The van der Waals surface area contributed by atoms with E-state index >= 15 is 0 Å². The van der Waals surface area contributed by atoms with Gasteiger partial charge in [0.25, 0.3) is 0 Å². The number of allylic oxidation sites excluding steroid dienone is 2. The summed E-state index contributed by atoms with van der Waals surface area (Å²) in [6, 6.07) is 0. The molecule has 0 rings (SSSR count). The van der Waals surface area contributed by atoms with Gasteiger partial charge in [0, 0.05) is 12.8 Å². The zero-order chi connectivity index (χ0) is 24.1. The topological polar surface area (TPSA) is 119 Å². The smallest absolute Gasteiger partial charge is 0.462 e. The van der Waals surface area contributed by atoms with Crippen LogP contribution in [0.5, 0.6) is 0 Å². The molecule has 0 aliphatic heterocycles. The number of rotatable bonds is 21. The van der Waals surface area contributed by atoms with E-state index in [1.54, 1.807) is 0 Å². The van der Waals surface area contributed by atoms with Crippen molar-refractivity contribution in [1.29, 1.82) is 0 Å². The van der Waals surface area contributed by atoms with Crippen LogP contribution in [-0.4, -0.2) is 41.0 Å². The van der Waals surface area contributed by atoms with Crippen LogP contribution >= 0.6 is 7.82 Å². The number of carbonyl (C=O) groups is 2. The Morgan fingerprint density at radius 2 is 1.41 bits per heavy atom. The molecular formula is C23H43O8P. The Morgan fingerprint density at radius 3 is 2.03 bits per heavy atom. The van der Waals surface area contributed by atoms with E-state index in [1.165, 1.54) is 19.3 Å². The number of ether oxygens (including phenoxy) is 2. The van der Waals surface area contributed by atoms with E-state index in [0.717, 1.165) is 44.9 Å². The molecule has 0 fully saturated rings. The second-order valence-corrected chi connectivity index (χ2v) is 9.17. The van der Waals surface area contributed by atoms with E-state index in [2.05, 4.69) is 23.6 Å². The lowest BCUT2D eigenvalue weighted by atomic mass is 10.1. The molecule has 0 heterocycles. The molecule has 0 aromatic carbocycles. The van der Waals surface area contributed by atoms with Gasteiger partial charge >= 0.3 is 19.8 Å². The van der Waals surface area contributed by atoms with Crippen molar-refractivity contribution in [3.05, 3.63) is 12.2 Å². The highest BCUT2D eigenvalue weighted by Crippen LogP contribution is 2.35. The van der Waals surface area contributed by atoms with E-state index in [4.69, 9.17) is 19.3 Å². The van der Waals surface area contributed by atoms with Gasteiger partial charge in [0.1, 0.15) is 6.61 Å². The van der Waals surface area contributed by atoms with Gasteiger partial charge in [-0.05, 0) is 32.1 Å². The maximum atomic E-state index is 12.1. The van der Waals surface area contributed by atoms with Gasteiger partial charge in [-0.25, -0.2) is 4.57 Å². The zero-order valence-electron chi connectivity index (χ0n) is 19.8. The second kappa shape index (κ2) is 20.4. The standard InChI is InChI=1S/C23H43O8P/c1-3-5-7-8-9-10-11-12-13-14-16-18-23(25)31-21(20-30-32(26,27)28)19-29-22(24)17-15-6-4-2/h5,7,21H,3-4,6,8-20H2,1-2H3,(H2,26,27,28)/b7-5-/t21-/m1/s1. The molecule has 0 bridgehead atoms. The molecule has 0 aliphatic rings. The fourth-order valence-electron chi connectivity index (χ4n) is 3.02. The largest absolute Gasteiger partial charge is 0.469 e. The Balaban J connectivity index is 4.07. The van der Waals surface area contributed by atoms with Crippen LogP contribution in [-0.2, 0) is 28.2 Å². The molecule has 8 nitrogen and oxygen atoms in total. The minimum absolute atomic E-state index is 0.207. The van der Waals surface area contributed by atoms with Crippen LogP contribution in [0.2, 0.25) is 0 Å². The summed E-state index contributed by atoms with van der Waals surface area (Å²) >= 11 is 0. The molecule has 0 saturated carbocycles. The SMILES string of the molecule is CC/C=C\CCCCCCCCCC(=O)O[C@H](COC(=O)CCCCC)COP(=O)(O)O. The van der Waals surface area contributed by atoms with E-state index in [0.29, 0.717) is 12.8 Å². The number of phosphoric ester groups is 1. The zero-order valence-corrected chi connectivity index (χ0v) is 20.7. The first kappa shape index (κ1) is 30.8. The normalized spacial score (nSPS) is 12.8. The number of unbranched alkanes of at least 4 members (excludes halogenated alkanes) is 9. The first-order valence-electron chi connectivity index (χ1n) is 12.0. The van der Waals surface area contributed by atoms with Crippen LogP contribution in [0.25, 0.3) is 0 Å². The summed E-state index contributed by atoms with van der Waals surface area (Å²) in [6.45, 7) is 3.33. The Kier molecular flexibility index (Phi) is 19.6. The average molecular weight is 479 g/mol. The van der Waals surface area contributed by atoms with Crippen LogP contribution in [0.3, 0.4) is 0 Å². The van der Waals surface area contributed by atoms with Crippen molar-refractivity contribution in [2.24, 2.45) is 0 Å². The third kappa shape index (κ3) is 22.0. The van der Waals surface area contributed by atoms with Gasteiger partial charge < -0.3 is 19.3 Å². The van der Waals surface area contributed by atoms with E-state index in [1.807, 2.05) is 6.92 Å². The predicted molar refractivity (Wildman–Crippen MR) is 124 cm³/mol. The predicted octanol–water partition coefficient (Wildman–Crippen LogP) is 5.61. The fourth-order valence-corrected chi connectivity index (χ4v) is 3.38. The molecule has 32 heavy (non-hydrogen) atoms. The minimum Gasteiger partial charge on any atom is -0.462 e. The molecule has 0 saturated heterocycles. The van der Waals surface area contributed by atoms with Gasteiger partial charge in [-0.3, -0.25) is 14.1 Å². The Morgan fingerprint density at radius 1 is 0.812 bits per heavy atom. The van der Waals surface area contributed by atoms with Crippen molar-refractivity contribution < 1.29 is 37.9 Å². The monoisotopic (exact) mass is 478 g/mol. The van der Waals surface area contributed by atoms with E-state index < -0.39 is 32.5 Å². The number of esters is 2. The molecule has 0 aromatic heterocycles. The van der Waals surface area contributed by atoms with Crippen molar-refractivity contribution >= 4 is 19.8 Å². The molecule has 188 valence electrons. The number of phosphoric acid groups is 1. The van der Waals surface area contributed by atoms with Crippen LogP contribution in [0, 0.1) is 0 Å². The summed E-state index contributed by atoms with van der Waals surface area (Å²) in [5.41, 5.74) is 0. The second-order valence-electron chi connectivity index (χ2n) is 7.93. The molecule has 0 radical (unpaired) electrons. The van der Waals surface area contributed by atoms with E-state index in [9.17, 15) is 14.2 Å². The molecular weight excluding hydrogens is 435 g/mol. The summed E-state index contributed by atoms with van der Waals surface area (Å²) < 4.78 is 25.7. The lowest BCUT2D eigenvalue weighted by Gasteiger charge is -2.18. The Bertz CT molecular complexity index is 558. The van der Waals surface area contributed by atoms with Crippen molar-refractivity contribution in [3.8, 4) is 0 Å². The molecule has 9 heteroatoms. The highest BCUT2D eigenvalue weighted by atomic mass is 31.2. The van der Waals surface area contributed by atoms with Gasteiger partial charge in [0.15, 0.2) is 6.10 Å². The summed E-state index contributed by atoms with van der Waals surface area (Å²) in [6.07, 6.45) is 16.1. The van der Waals surface area contributed by atoms with Crippen molar-refractivity contribution in [2.75, 3.05) is 13.2 Å². The first-order valence-corrected chi connectivity index (χ1v) is 13.5. The summed E-state index contributed by atoms with van der Waals surface area (Å²) in [7, 11) is -4.72. The lowest BCUT2D eigenvalue weighted by molar-refractivity contribution is -0.161. The molecule has 0 aromatic rings. The first-order chi connectivity index (χ1) is 15.3. The molecule has 0 unspecified atom stereocenters. The third-order valence-corrected chi connectivity index (χ3v) is 5.28. The summed E-state index contributed by atoms with van der Waals surface area (Å²) in [4.78, 5) is 41.6. The molecule has 1 atom stereocenters. The fraction of sp³-hybridized carbons (Fsp3) is 0.826. The van der Waals surface area contributed by atoms with Gasteiger partial charge in [0.05, 0.1) is 6.61 Å². The highest BCUT2D eigenvalue weighted by Gasteiger charge is 2.22. The molecule has 2 N–H and O–H groups in total. The number of hydrogen-bond acceptors (Lipinski definition) is 6. The number of carbonyl (C=O) groups excluding carboxylic acids is 2. The maximum absolute atomic E-state index is 12.1. The quantitative estimate of drug-likeness (QED) is 0.0946. The van der Waals surface area contributed by atoms with Crippen LogP contribution in [0.15, 0.2) is 12.2 Å². The Labute approximate surface area is 193 Å². The van der Waals surface area contributed by atoms with Gasteiger partial charge in [-0.15, -0.1) is 0 Å². The van der Waals surface area contributed by atoms with Crippen molar-refractivity contribution in [2.45, 2.75) is 110 Å². The third-order valence-electron chi connectivity index (χ3n) is 4.80. The molecule has 0 spiro atoms. The average Bonchev–Trinajstić information content (AvgIpc) is 2.73. The van der Waals surface area contributed by atoms with Crippen LogP contribution < -0.4 is 0 Å². The van der Waals surface area contributed by atoms with E-state index in [-0.39, 0.29) is 19.4 Å². The summed E-state index contributed by atoms with van der Waals surface area (Å²) in [5.74, 6) is -0.925. The van der Waals surface area contributed by atoms with Crippen LogP contribution in [0.1, 0.15) is 104 Å². The van der Waals surface area contributed by atoms with Crippen molar-refractivity contribution in [3.63, 3.8) is 0 Å². The summed E-state index contributed by atoms with van der Waals surface area (Å²) in [5, 5.41) is 0. The van der Waals surface area contributed by atoms with Gasteiger partial charge in [-0.2, -0.15) is 0 Å².